The second kappa shape index (κ2) is 9.27. The normalized spacial score (nSPS) is 20.4. The molecule has 0 spiro atoms. The fourth-order valence-corrected chi connectivity index (χ4v) is 4.27. The summed E-state index contributed by atoms with van der Waals surface area (Å²) in [6.07, 6.45) is 12.2. The van der Waals surface area contributed by atoms with Gasteiger partial charge in [0.05, 0.1) is 0 Å². The number of unbranched alkanes of at least 4 members (excludes halogenated alkanes) is 4. The Morgan fingerprint density at radius 1 is 1.16 bits per heavy atom. The summed E-state index contributed by atoms with van der Waals surface area (Å²) < 4.78 is 0. The lowest BCUT2D eigenvalue weighted by molar-refractivity contribution is 0.434. The number of aromatic hydroxyl groups is 1. The molecular formula is C24H36O. The molecule has 25 heavy (non-hydrogen) atoms. The van der Waals surface area contributed by atoms with Crippen molar-refractivity contribution in [3.8, 4) is 5.75 Å². The Hall–Kier alpha value is -1.50. The van der Waals surface area contributed by atoms with Crippen molar-refractivity contribution in [3.63, 3.8) is 0 Å². The van der Waals surface area contributed by atoms with Crippen LogP contribution >= 0.6 is 0 Å². The molecular weight excluding hydrogens is 304 g/mol. The van der Waals surface area contributed by atoms with Crippen LogP contribution in [0.2, 0.25) is 0 Å². The van der Waals surface area contributed by atoms with Crippen LogP contribution in [0, 0.1) is 12.8 Å². The first-order valence-corrected chi connectivity index (χ1v) is 10.1. The van der Waals surface area contributed by atoms with E-state index in [1.165, 1.54) is 54.4 Å². The molecule has 1 aliphatic rings. The Kier molecular flexibility index (Phi) is 7.35. The van der Waals surface area contributed by atoms with Crippen LogP contribution in [-0.2, 0) is 6.42 Å². The van der Waals surface area contributed by atoms with Gasteiger partial charge in [0.25, 0.3) is 0 Å². The van der Waals surface area contributed by atoms with Gasteiger partial charge in [-0.15, -0.1) is 0 Å². The molecule has 0 aliphatic heterocycles. The summed E-state index contributed by atoms with van der Waals surface area (Å²) in [7, 11) is 0. The van der Waals surface area contributed by atoms with Gasteiger partial charge >= 0.3 is 0 Å². The predicted octanol–water partition coefficient (Wildman–Crippen LogP) is 7.23. The number of aryl methyl sites for hydroxylation is 2. The summed E-state index contributed by atoms with van der Waals surface area (Å²) in [5.74, 6) is 1.18. The summed E-state index contributed by atoms with van der Waals surface area (Å²) >= 11 is 0. The molecule has 0 saturated carbocycles. The first kappa shape index (κ1) is 19.8. The van der Waals surface area contributed by atoms with Gasteiger partial charge in [-0.1, -0.05) is 62.5 Å². The van der Waals surface area contributed by atoms with Crippen LogP contribution in [0.25, 0.3) is 0 Å². The molecule has 1 N–H and O–H groups in total. The molecule has 0 bridgehead atoms. The quantitative estimate of drug-likeness (QED) is 0.391. The SMILES string of the molecule is C=C(C)[C@@H]1CCC(C)=C[C@H]1c1c(C)cc(CCCCCCC)cc1O. The molecule has 0 amide bonds. The van der Waals surface area contributed by atoms with Gasteiger partial charge in [0.1, 0.15) is 5.75 Å². The lowest BCUT2D eigenvalue weighted by Crippen LogP contribution is -2.18. The summed E-state index contributed by atoms with van der Waals surface area (Å²) in [6.45, 7) is 13.0. The van der Waals surface area contributed by atoms with E-state index in [9.17, 15) is 5.11 Å². The first-order valence-electron chi connectivity index (χ1n) is 10.1. The molecule has 0 aromatic heterocycles. The van der Waals surface area contributed by atoms with Crippen molar-refractivity contribution in [2.75, 3.05) is 0 Å². The van der Waals surface area contributed by atoms with Gasteiger partial charge < -0.3 is 5.11 Å². The number of allylic oxidation sites excluding steroid dienone is 3. The molecule has 2 atom stereocenters. The molecule has 0 heterocycles. The molecule has 0 radical (unpaired) electrons. The Balaban J connectivity index is 2.18. The molecule has 1 aliphatic carbocycles. The third-order valence-electron chi connectivity index (χ3n) is 5.71. The minimum absolute atomic E-state index is 0.268. The minimum Gasteiger partial charge on any atom is -0.508 e. The molecule has 1 heteroatoms. The van der Waals surface area contributed by atoms with Crippen molar-refractivity contribution < 1.29 is 5.11 Å². The molecule has 0 unspecified atom stereocenters. The average molecular weight is 341 g/mol. The van der Waals surface area contributed by atoms with Crippen LogP contribution in [0.5, 0.6) is 5.75 Å². The van der Waals surface area contributed by atoms with Crippen molar-refractivity contribution in [2.24, 2.45) is 5.92 Å². The van der Waals surface area contributed by atoms with E-state index in [1.54, 1.807) is 0 Å². The van der Waals surface area contributed by atoms with Gasteiger partial charge in [-0.05, 0) is 69.6 Å². The maximum absolute atomic E-state index is 10.8. The van der Waals surface area contributed by atoms with Gasteiger partial charge in [-0.2, -0.15) is 0 Å². The highest BCUT2D eigenvalue weighted by Crippen LogP contribution is 2.44. The highest BCUT2D eigenvalue weighted by molar-refractivity contribution is 5.48. The largest absolute Gasteiger partial charge is 0.508 e. The zero-order valence-corrected chi connectivity index (χ0v) is 16.7. The highest BCUT2D eigenvalue weighted by Gasteiger charge is 2.28. The van der Waals surface area contributed by atoms with E-state index in [2.05, 4.69) is 46.4 Å². The zero-order valence-electron chi connectivity index (χ0n) is 16.7. The summed E-state index contributed by atoms with van der Waals surface area (Å²) in [6, 6.07) is 4.30. The molecule has 1 aromatic carbocycles. The van der Waals surface area contributed by atoms with Crippen LogP contribution in [0.4, 0.5) is 0 Å². The summed E-state index contributed by atoms with van der Waals surface area (Å²) in [4.78, 5) is 0. The third kappa shape index (κ3) is 5.23. The van der Waals surface area contributed by atoms with Gasteiger partial charge in [-0.3, -0.25) is 0 Å². The Morgan fingerprint density at radius 2 is 1.88 bits per heavy atom. The summed E-state index contributed by atoms with van der Waals surface area (Å²) in [5, 5.41) is 10.8. The van der Waals surface area contributed by atoms with Crippen LogP contribution in [0.15, 0.2) is 35.9 Å². The smallest absolute Gasteiger partial charge is 0.119 e. The second-order valence-electron chi connectivity index (χ2n) is 8.04. The van der Waals surface area contributed by atoms with Crippen LogP contribution < -0.4 is 0 Å². The maximum atomic E-state index is 10.8. The molecule has 2 rings (SSSR count). The number of hydrogen-bond donors (Lipinski definition) is 1. The topological polar surface area (TPSA) is 20.2 Å². The van der Waals surface area contributed by atoms with E-state index in [4.69, 9.17) is 0 Å². The van der Waals surface area contributed by atoms with Crippen molar-refractivity contribution >= 4 is 0 Å². The standard InChI is InChI=1S/C24H36O/c1-6-7-8-9-10-11-20-15-19(5)24(23(25)16-20)22-14-18(4)12-13-21(22)17(2)3/h14-16,21-22,25H,2,6-13H2,1,3-5H3/t21-,22+/m0/s1. The van der Waals surface area contributed by atoms with E-state index >= 15 is 0 Å². The fourth-order valence-electron chi connectivity index (χ4n) is 4.27. The molecule has 0 saturated heterocycles. The molecule has 0 fully saturated rings. The lowest BCUT2D eigenvalue weighted by Gasteiger charge is -2.32. The third-order valence-corrected chi connectivity index (χ3v) is 5.71. The van der Waals surface area contributed by atoms with E-state index in [-0.39, 0.29) is 5.92 Å². The second-order valence-corrected chi connectivity index (χ2v) is 8.04. The van der Waals surface area contributed by atoms with E-state index in [0.717, 1.165) is 24.8 Å². The zero-order chi connectivity index (χ0) is 18.4. The maximum Gasteiger partial charge on any atom is 0.119 e. The monoisotopic (exact) mass is 340 g/mol. The number of rotatable bonds is 8. The van der Waals surface area contributed by atoms with Crippen LogP contribution in [0.3, 0.4) is 0 Å². The van der Waals surface area contributed by atoms with E-state index in [0.29, 0.717) is 11.7 Å². The van der Waals surface area contributed by atoms with Crippen molar-refractivity contribution in [1.82, 2.24) is 0 Å². The first-order chi connectivity index (χ1) is 11.9. The van der Waals surface area contributed by atoms with Crippen molar-refractivity contribution in [2.45, 2.75) is 85.0 Å². The number of phenolic OH excluding ortho intramolecular Hbond substituents is 1. The van der Waals surface area contributed by atoms with Gasteiger partial charge in [-0.25, -0.2) is 0 Å². The minimum atomic E-state index is 0.268. The number of phenols is 1. The van der Waals surface area contributed by atoms with Gasteiger partial charge in [0.2, 0.25) is 0 Å². The average Bonchev–Trinajstić information content (AvgIpc) is 2.54. The van der Waals surface area contributed by atoms with Crippen LogP contribution in [-0.4, -0.2) is 5.11 Å². The van der Waals surface area contributed by atoms with Crippen molar-refractivity contribution in [3.05, 3.63) is 52.6 Å². The lowest BCUT2D eigenvalue weighted by atomic mass is 9.73. The highest BCUT2D eigenvalue weighted by atomic mass is 16.3. The number of benzene rings is 1. The predicted molar refractivity (Wildman–Crippen MR) is 109 cm³/mol. The molecule has 138 valence electrons. The van der Waals surface area contributed by atoms with Crippen molar-refractivity contribution in [1.29, 1.82) is 0 Å². The Bertz CT molecular complexity index is 600. The molecule has 1 nitrogen and oxygen atoms in total. The van der Waals surface area contributed by atoms with E-state index in [1.807, 2.05) is 6.07 Å². The Morgan fingerprint density at radius 3 is 2.52 bits per heavy atom. The van der Waals surface area contributed by atoms with Gasteiger partial charge in [0.15, 0.2) is 0 Å². The van der Waals surface area contributed by atoms with E-state index < -0.39 is 0 Å². The summed E-state index contributed by atoms with van der Waals surface area (Å²) in [5.41, 5.74) is 6.28. The number of hydrogen-bond acceptors (Lipinski definition) is 1. The molecule has 1 aromatic rings. The fraction of sp³-hybridized carbons (Fsp3) is 0.583. The van der Waals surface area contributed by atoms with Crippen LogP contribution in [0.1, 0.15) is 88.3 Å². The van der Waals surface area contributed by atoms with Gasteiger partial charge in [0, 0.05) is 11.5 Å². The Labute approximate surface area is 154 Å².